The standard InChI is InChI=1S/C17H10F6N4S2/c18-16(19,20)15(17(21,22)23,9-1-3-11-7(9)5-26-13(24)28-11)10-2-4-12-8(10)6-27-14(25)29-12/h1-6H,(H2,24,26)(H2,25,27). The highest BCUT2D eigenvalue weighted by atomic mass is 32.1. The number of nitrogens with two attached hydrogens (primary N) is 2. The van der Waals surface area contributed by atoms with Crippen molar-refractivity contribution in [3.05, 3.63) is 47.8 Å². The summed E-state index contributed by atoms with van der Waals surface area (Å²) in [6.07, 6.45) is -9.53. The molecule has 0 spiro atoms. The Morgan fingerprint density at radius 2 is 1.03 bits per heavy atom. The largest absolute Gasteiger partial charge is 0.411 e. The molecule has 29 heavy (non-hydrogen) atoms. The first-order valence-electron chi connectivity index (χ1n) is 7.89. The zero-order valence-corrected chi connectivity index (χ0v) is 15.7. The van der Waals surface area contributed by atoms with E-state index in [2.05, 4.69) is 9.97 Å². The number of rotatable bonds is 2. The molecule has 2 aliphatic carbocycles. The van der Waals surface area contributed by atoms with Crippen molar-refractivity contribution in [3.8, 4) is 20.9 Å². The second-order valence-corrected chi connectivity index (χ2v) is 8.32. The van der Waals surface area contributed by atoms with E-state index < -0.39 is 28.9 Å². The van der Waals surface area contributed by atoms with E-state index in [-0.39, 0.29) is 31.1 Å². The maximum absolute atomic E-state index is 14.4. The molecular weight excluding hydrogens is 438 g/mol. The molecule has 2 aliphatic heterocycles. The van der Waals surface area contributed by atoms with Gasteiger partial charge in [0.05, 0.1) is 0 Å². The molecule has 0 saturated carbocycles. The summed E-state index contributed by atoms with van der Waals surface area (Å²) in [6, 6.07) is 4.03. The highest BCUT2D eigenvalue weighted by Gasteiger charge is 2.74. The van der Waals surface area contributed by atoms with Gasteiger partial charge >= 0.3 is 12.4 Å². The predicted molar refractivity (Wildman–Crippen MR) is 99.2 cm³/mol. The summed E-state index contributed by atoms with van der Waals surface area (Å²) < 4.78 is 86.5. The minimum absolute atomic E-state index is 0.0273. The zero-order valence-electron chi connectivity index (χ0n) is 14.1. The van der Waals surface area contributed by atoms with Gasteiger partial charge in [-0.3, -0.25) is 0 Å². The third-order valence-electron chi connectivity index (χ3n) is 4.64. The van der Waals surface area contributed by atoms with Gasteiger partial charge in [-0.25, -0.2) is 9.97 Å². The first kappa shape index (κ1) is 19.7. The Hall–Kier alpha value is -2.60. The Labute approximate surface area is 167 Å². The van der Waals surface area contributed by atoms with Gasteiger partial charge in [-0.2, -0.15) is 26.3 Å². The van der Waals surface area contributed by atoms with Crippen LogP contribution in [0.15, 0.2) is 36.7 Å². The maximum Gasteiger partial charge on any atom is 0.411 e. The summed E-state index contributed by atoms with van der Waals surface area (Å²) in [5, 5.41) is 0.0546. The molecule has 0 atom stereocenters. The van der Waals surface area contributed by atoms with Crippen LogP contribution in [0.3, 0.4) is 0 Å². The van der Waals surface area contributed by atoms with Crippen molar-refractivity contribution in [2.24, 2.45) is 0 Å². The first-order chi connectivity index (χ1) is 13.5. The van der Waals surface area contributed by atoms with Crippen molar-refractivity contribution < 1.29 is 26.3 Å². The van der Waals surface area contributed by atoms with Crippen molar-refractivity contribution in [2.45, 2.75) is 17.8 Å². The number of nitrogen functional groups attached to an aromatic ring is 2. The van der Waals surface area contributed by atoms with Gasteiger partial charge in [0.1, 0.15) is 0 Å². The van der Waals surface area contributed by atoms with Gasteiger partial charge in [0, 0.05) is 33.3 Å². The van der Waals surface area contributed by atoms with Crippen LogP contribution in [0.2, 0.25) is 0 Å². The molecule has 0 unspecified atom stereocenters. The van der Waals surface area contributed by atoms with Gasteiger partial charge < -0.3 is 11.5 Å². The molecule has 0 radical (unpaired) electrons. The van der Waals surface area contributed by atoms with E-state index in [9.17, 15) is 26.3 Å². The Bertz CT molecular complexity index is 1040. The second kappa shape index (κ2) is 6.20. The van der Waals surface area contributed by atoms with E-state index in [0.717, 1.165) is 47.2 Å². The Morgan fingerprint density at radius 1 is 0.655 bits per heavy atom. The number of halogens is 6. The van der Waals surface area contributed by atoms with Crippen LogP contribution in [0, 0.1) is 0 Å². The van der Waals surface area contributed by atoms with Crippen LogP contribution in [0.1, 0.15) is 11.1 Å². The summed E-state index contributed by atoms with van der Waals surface area (Å²) in [5.41, 5.74) is 4.37. The highest BCUT2D eigenvalue weighted by molar-refractivity contribution is 7.18. The number of anilines is 2. The maximum atomic E-state index is 14.4. The van der Waals surface area contributed by atoms with Crippen molar-refractivity contribution in [1.82, 2.24) is 9.97 Å². The van der Waals surface area contributed by atoms with E-state index in [0.29, 0.717) is 0 Å². The van der Waals surface area contributed by atoms with Crippen LogP contribution >= 0.6 is 22.7 Å². The third-order valence-corrected chi connectivity index (χ3v) is 6.42. The fourth-order valence-corrected chi connectivity index (χ4v) is 4.97. The quantitative estimate of drug-likeness (QED) is 0.404. The number of nitrogens with zero attached hydrogens (tertiary/aromatic N) is 2. The zero-order chi connectivity index (χ0) is 21.2. The van der Waals surface area contributed by atoms with Crippen molar-refractivity contribution in [1.29, 1.82) is 0 Å². The van der Waals surface area contributed by atoms with E-state index in [1.54, 1.807) is 0 Å². The molecule has 0 amide bonds. The molecule has 0 bridgehead atoms. The molecule has 0 aromatic heterocycles. The fraction of sp³-hybridized carbons (Fsp3) is 0.176. The van der Waals surface area contributed by atoms with Crippen LogP contribution in [-0.4, -0.2) is 22.3 Å². The highest BCUT2D eigenvalue weighted by Crippen LogP contribution is 2.61. The minimum Gasteiger partial charge on any atom is -0.375 e. The molecule has 12 heteroatoms. The Balaban J connectivity index is 2.13. The summed E-state index contributed by atoms with van der Waals surface area (Å²) in [5.74, 6) is 0. The second-order valence-electron chi connectivity index (χ2n) is 6.19. The van der Waals surface area contributed by atoms with Gasteiger partial charge in [-0.1, -0.05) is 34.8 Å². The monoisotopic (exact) mass is 448 g/mol. The lowest BCUT2D eigenvalue weighted by Crippen LogP contribution is -2.54. The Kier molecular flexibility index (Phi) is 4.21. The minimum atomic E-state index is -5.70. The third kappa shape index (κ3) is 2.73. The lowest BCUT2D eigenvalue weighted by molar-refractivity contribution is -0.288. The first-order valence-corrected chi connectivity index (χ1v) is 9.52. The summed E-state index contributed by atoms with van der Waals surface area (Å²) in [7, 11) is 0. The number of alkyl halides is 6. The molecule has 152 valence electrons. The van der Waals surface area contributed by atoms with Crippen LogP contribution in [-0.2, 0) is 5.41 Å². The molecule has 0 saturated heterocycles. The molecule has 2 heterocycles. The van der Waals surface area contributed by atoms with Gasteiger partial charge in [-0.05, 0) is 23.3 Å². The van der Waals surface area contributed by atoms with Crippen LogP contribution in [0.25, 0.3) is 20.9 Å². The average Bonchev–Trinajstić information content (AvgIpc) is 3.17. The fourth-order valence-electron chi connectivity index (χ4n) is 3.49. The number of aromatic nitrogens is 2. The van der Waals surface area contributed by atoms with Gasteiger partial charge in [0.2, 0.25) is 5.41 Å². The van der Waals surface area contributed by atoms with E-state index in [1.165, 1.54) is 12.1 Å². The topological polar surface area (TPSA) is 77.8 Å². The summed E-state index contributed by atoms with van der Waals surface area (Å²) in [4.78, 5) is 7.76. The summed E-state index contributed by atoms with van der Waals surface area (Å²) >= 11 is 1.62. The summed E-state index contributed by atoms with van der Waals surface area (Å²) in [6.45, 7) is 0. The normalized spacial score (nSPS) is 13.4. The SMILES string of the molecule is Nc1ncc2c(C(c3ccc4sc(N)ncc3-4)(C(F)(F)F)C(F)(F)F)ccc-2s1. The van der Waals surface area contributed by atoms with Crippen molar-refractivity contribution in [2.75, 3.05) is 11.5 Å². The Morgan fingerprint density at radius 3 is 1.38 bits per heavy atom. The molecular formula is C17H10F6N4S2. The lowest BCUT2D eigenvalue weighted by atomic mass is 9.72. The van der Waals surface area contributed by atoms with Gasteiger partial charge in [0.25, 0.3) is 0 Å². The van der Waals surface area contributed by atoms with E-state index >= 15 is 0 Å². The molecule has 0 aromatic carbocycles. The lowest BCUT2D eigenvalue weighted by Gasteiger charge is -2.38. The van der Waals surface area contributed by atoms with E-state index in [4.69, 9.17) is 11.5 Å². The van der Waals surface area contributed by atoms with Gasteiger partial charge in [0.15, 0.2) is 10.3 Å². The smallest absolute Gasteiger partial charge is 0.375 e. The van der Waals surface area contributed by atoms with Crippen molar-refractivity contribution >= 4 is 32.9 Å². The van der Waals surface area contributed by atoms with Crippen LogP contribution in [0.4, 0.5) is 36.6 Å². The van der Waals surface area contributed by atoms with Crippen LogP contribution in [0.5, 0.6) is 0 Å². The van der Waals surface area contributed by atoms with Crippen LogP contribution < -0.4 is 11.5 Å². The number of hydrogen-bond acceptors (Lipinski definition) is 6. The van der Waals surface area contributed by atoms with E-state index in [1.807, 2.05) is 0 Å². The molecule has 0 fully saturated rings. The van der Waals surface area contributed by atoms with Gasteiger partial charge in [-0.15, -0.1) is 0 Å². The molecule has 4 N–H and O–H groups in total. The number of hydrogen-bond donors (Lipinski definition) is 2. The molecule has 4 aliphatic rings. The molecule has 4 rings (SSSR count). The molecule has 4 nitrogen and oxygen atoms in total. The molecule has 0 aromatic rings. The van der Waals surface area contributed by atoms with Crippen molar-refractivity contribution in [3.63, 3.8) is 0 Å². The number of fused-ring (bicyclic) bond motifs is 2. The average molecular weight is 448 g/mol. The predicted octanol–water partition coefficient (Wildman–Crippen LogP) is 5.38.